The number of nitro benzene ring substituents is 1. The smallest absolute Gasteiger partial charge is 0.282 e. The number of halogens is 1. The number of benzene rings is 1. The zero-order valence-corrected chi connectivity index (χ0v) is 10.5. The van der Waals surface area contributed by atoms with Crippen molar-refractivity contribution in [2.75, 3.05) is 0 Å². The van der Waals surface area contributed by atoms with Crippen molar-refractivity contribution in [1.82, 2.24) is 15.1 Å². The van der Waals surface area contributed by atoms with E-state index in [1.54, 1.807) is 24.0 Å². The number of amides is 1. The highest BCUT2D eigenvalue weighted by atomic mass is 19.1. The topological polar surface area (TPSA) is 90.1 Å². The lowest BCUT2D eigenvalue weighted by Crippen LogP contribution is -2.24. The molecule has 0 fully saturated rings. The van der Waals surface area contributed by atoms with E-state index in [4.69, 9.17) is 0 Å². The van der Waals surface area contributed by atoms with Crippen molar-refractivity contribution in [1.29, 1.82) is 0 Å². The van der Waals surface area contributed by atoms with Gasteiger partial charge in [-0.1, -0.05) is 0 Å². The molecule has 20 heavy (non-hydrogen) atoms. The Morgan fingerprint density at radius 2 is 2.25 bits per heavy atom. The average Bonchev–Trinajstić information content (AvgIpc) is 2.81. The summed E-state index contributed by atoms with van der Waals surface area (Å²) in [6, 6.07) is 4.44. The van der Waals surface area contributed by atoms with Crippen LogP contribution in [-0.4, -0.2) is 20.6 Å². The highest BCUT2D eigenvalue weighted by Gasteiger charge is 2.20. The van der Waals surface area contributed by atoms with Crippen LogP contribution in [0.1, 0.15) is 16.1 Å². The van der Waals surface area contributed by atoms with E-state index in [0.717, 1.165) is 18.2 Å². The number of nitrogens with zero attached hydrogens (tertiary/aromatic N) is 3. The molecule has 7 nitrogen and oxygen atoms in total. The van der Waals surface area contributed by atoms with Crippen molar-refractivity contribution in [3.63, 3.8) is 0 Å². The van der Waals surface area contributed by atoms with E-state index in [1.165, 1.54) is 0 Å². The summed E-state index contributed by atoms with van der Waals surface area (Å²) in [5.41, 5.74) is -0.157. The van der Waals surface area contributed by atoms with Crippen molar-refractivity contribution in [3.05, 3.63) is 57.7 Å². The van der Waals surface area contributed by atoms with E-state index in [0.29, 0.717) is 5.69 Å². The first-order valence-corrected chi connectivity index (χ1v) is 5.68. The number of carbonyl (C=O) groups excluding carboxylic acids is 1. The van der Waals surface area contributed by atoms with Gasteiger partial charge in [-0.25, -0.2) is 4.39 Å². The predicted molar refractivity (Wildman–Crippen MR) is 67.4 cm³/mol. The van der Waals surface area contributed by atoms with Gasteiger partial charge in [0.15, 0.2) is 0 Å². The molecule has 0 spiro atoms. The molecule has 0 saturated carbocycles. The molecular weight excluding hydrogens is 267 g/mol. The van der Waals surface area contributed by atoms with Gasteiger partial charge in [0.2, 0.25) is 0 Å². The minimum absolute atomic E-state index is 0.105. The molecule has 1 aromatic heterocycles. The lowest BCUT2D eigenvalue weighted by Gasteiger charge is -2.04. The lowest BCUT2D eigenvalue weighted by molar-refractivity contribution is -0.385. The third-order valence-electron chi connectivity index (χ3n) is 2.60. The zero-order valence-electron chi connectivity index (χ0n) is 10.5. The van der Waals surface area contributed by atoms with Crippen LogP contribution in [0.25, 0.3) is 0 Å². The summed E-state index contributed by atoms with van der Waals surface area (Å²) in [5.74, 6) is -1.43. The van der Waals surface area contributed by atoms with Gasteiger partial charge in [-0.05, 0) is 18.2 Å². The van der Waals surface area contributed by atoms with Crippen molar-refractivity contribution in [3.8, 4) is 0 Å². The van der Waals surface area contributed by atoms with Crippen LogP contribution < -0.4 is 5.32 Å². The van der Waals surface area contributed by atoms with Gasteiger partial charge < -0.3 is 5.32 Å². The Labute approximate surface area is 113 Å². The Morgan fingerprint density at radius 1 is 1.50 bits per heavy atom. The maximum Gasteiger partial charge on any atom is 0.282 e. The molecule has 0 aliphatic carbocycles. The van der Waals surface area contributed by atoms with Crippen LogP contribution in [0.4, 0.5) is 10.1 Å². The van der Waals surface area contributed by atoms with Crippen LogP contribution in [0.5, 0.6) is 0 Å². The summed E-state index contributed by atoms with van der Waals surface area (Å²) in [6.07, 6.45) is 1.70. The monoisotopic (exact) mass is 278 g/mol. The molecule has 0 atom stereocenters. The SMILES string of the molecule is Cn1ccc(CNC(=O)c2cc(F)ccc2[N+](=O)[O-])n1. The molecule has 0 bridgehead atoms. The first-order chi connectivity index (χ1) is 9.47. The number of aromatic nitrogens is 2. The average molecular weight is 278 g/mol. The molecule has 2 rings (SSSR count). The highest BCUT2D eigenvalue weighted by Crippen LogP contribution is 2.19. The molecule has 0 aliphatic heterocycles. The number of nitro groups is 1. The Kier molecular flexibility index (Phi) is 3.74. The van der Waals surface area contributed by atoms with Gasteiger partial charge in [0.1, 0.15) is 11.4 Å². The van der Waals surface area contributed by atoms with Gasteiger partial charge in [0.05, 0.1) is 17.2 Å². The molecule has 104 valence electrons. The number of carbonyl (C=O) groups is 1. The normalized spacial score (nSPS) is 10.3. The van der Waals surface area contributed by atoms with E-state index in [1.807, 2.05) is 0 Å². The fourth-order valence-electron chi connectivity index (χ4n) is 1.67. The van der Waals surface area contributed by atoms with Crippen molar-refractivity contribution >= 4 is 11.6 Å². The minimum atomic E-state index is -0.727. The molecule has 8 heteroatoms. The highest BCUT2D eigenvalue weighted by molar-refractivity contribution is 5.98. The third kappa shape index (κ3) is 2.97. The van der Waals surface area contributed by atoms with Gasteiger partial charge in [-0.3, -0.25) is 19.6 Å². The van der Waals surface area contributed by atoms with Crippen LogP contribution in [0.15, 0.2) is 30.5 Å². The van der Waals surface area contributed by atoms with Crippen molar-refractivity contribution in [2.24, 2.45) is 7.05 Å². The van der Waals surface area contributed by atoms with E-state index in [-0.39, 0.29) is 12.1 Å². The summed E-state index contributed by atoms with van der Waals surface area (Å²) in [5, 5.41) is 17.3. The number of aryl methyl sites for hydroxylation is 1. The Balaban J connectivity index is 2.16. The second kappa shape index (κ2) is 5.47. The molecule has 1 amide bonds. The minimum Gasteiger partial charge on any atom is -0.346 e. The van der Waals surface area contributed by atoms with E-state index in [9.17, 15) is 19.3 Å². The van der Waals surface area contributed by atoms with Gasteiger partial charge in [0.25, 0.3) is 11.6 Å². The second-order valence-corrected chi connectivity index (χ2v) is 4.08. The summed E-state index contributed by atoms with van der Waals surface area (Å²) in [6.45, 7) is 0.105. The first kappa shape index (κ1) is 13.7. The Hall–Kier alpha value is -2.77. The van der Waals surface area contributed by atoms with E-state index >= 15 is 0 Å². The van der Waals surface area contributed by atoms with Crippen molar-refractivity contribution in [2.45, 2.75) is 6.54 Å². The molecule has 0 aliphatic rings. The third-order valence-corrected chi connectivity index (χ3v) is 2.60. The van der Waals surface area contributed by atoms with E-state index < -0.39 is 22.3 Å². The summed E-state index contributed by atoms with van der Waals surface area (Å²) < 4.78 is 14.7. The van der Waals surface area contributed by atoms with Crippen LogP contribution in [0, 0.1) is 15.9 Å². The fourth-order valence-corrected chi connectivity index (χ4v) is 1.67. The second-order valence-electron chi connectivity index (χ2n) is 4.08. The summed E-state index contributed by atoms with van der Waals surface area (Å²) >= 11 is 0. The molecule has 1 aromatic carbocycles. The molecule has 1 heterocycles. The molecule has 0 saturated heterocycles. The summed E-state index contributed by atoms with van der Waals surface area (Å²) in [4.78, 5) is 22.0. The number of hydrogen-bond donors (Lipinski definition) is 1. The molecule has 2 aromatic rings. The first-order valence-electron chi connectivity index (χ1n) is 5.68. The fraction of sp³-hybridized carbons (Fsp3) is 0.167. The van der Waals surface area contributed by atoms with Crippen LogP contribution >= 0.6 is 0 Å². The van der Waals surface area contributed by atoms with Crippen molar-refractivity contribution < 1.29 is 14.1 Å². The summed E-state index contributed by atoms with van der Waals surface area (Å²) in [7, 11) is 1.72. The van der Waals surface area contributed by atoms with Gasteiger partial charge in [-0.2, -0.15) is 5.10 Å². The zero-order chi connectivity index (χ0) is 14.7. The van der Waals surface area contributed by atoms with Gasteiger partial charge >= 0.3 is 0 Å². The number of rotatable bonds is 4. The Bertz CT molecular complexity index is 668. The largest absolute Gasteiger partial charge is 0.346 e. The van der Waals surface area contributed by atoms with Gasteiger partial charge in [0, 0.05) is 19.3 Å². The number of hydrogen-bond acceptors (Lipinski definition) is 4. The quantitative estimate of drug-likeness (QED) is 0.676. The lowest BCUT2D eigenvalue weighted by atomic mass is 10.1. The van der Waals surface area contributed by atoms with Crippen LogP contribution in [-0.2, 0) is 13.6 Å². The molecule has 0 radical (unpaired) electrons. The van der Waals surface area contributed by atoms with Crippen LogP contribution in [0.3, 0.4) is 0 Å². The predicted octanol–water partition coefficient (Wildman–Crippen LogP) is 1.40. The Morgan fingerprint density at radius 3 is 2.85 bits per heavy atom. The number of nitrogens with one attached hydrogen (secondary N) is 1. The standard InChI is InChI=1S/C12H11FN4O3/c1-16-5-4-9(15-16)7-14-12(18)10-6-8(13)2-3-11(10)17(19)20/h2-6H,7H2,1H3,(H,14,18). The molecule has 1 N–H and O–H groups in total. The van der Waals surface area contributed by atoms with Gasteiger partial charge in [-0.15, -0.1) is 0 Å². The maximum atomic E-state index is 13.1. The van der Waals surface area contributed by atoms with E-state index in [2.05, 4.69) is 10.4 Å². The molecular formula is C12H11FN4O3. The maximum absolute atomic E-state index is 13.1. The molecule has 0 unspecified atom stereocenters. The van der Waals surface area contributed by atoms with Crippen LogP contribution in [0.2, 0.25) is 0 Å².